The number of Topliss-reactive ketones (excluding diaryl/α,β-unsaturated/α-hetero) is 1. The Morgan fingerprint density at radius 2 is 1.96 bits per heavy atom. The van der Waals surface area contributed by atoms with Crippen molar-refractivity contribution < 1.29 is 9.59 Å². The number of carbonyl (C=O) groups excluding carboxylic acids is 2. The lowest BCUT2D eigenvalue weighted by molar-refractivity contribution is -0.115. The topological polar surface area (TPSA) is 74.8 Å². The van der Waals surface area contributed by atoms with E-state index in [2.05, 4.69) is 15.3 Å². The quantitative estimate of drug-likeness (QED) is 0.546. The van der Waals surface area contributed by atoms with E-state index in [1.807, 2.05) is 31.2 Å². The predicted octanol–water partition coefficient (Wildman–Crippen LogP) is 3.88. The zero-order chi connectivity index (χ0) is 17.1. The number of nitrogens with one attached hydrogen (secondary N) is 2. The van der Waals surface area contributed by atoms with Crippen LogP contribution in [0.5, 0.6) is 0 Å². The van der Waals surface area contributed by atoms with Crippen molar-refractivity contribution in [3.8, 4) is 0 Å². The van der Waals surface area contributed by atoms with E-state index >= 15 is 0 Å². The third-order valence-electron chi connectivity index (χ3n) is 3.56. The summed E-state index contributed by atoms with van der Waals surface area (Å²) in [5.41, 5.74) is 3.01. The van der Waals surface area contributed by atoms with Gasteiger partial charge in [-0.2, -0.15) is 0 Å². The van der Waals surface area contributed by atoms with Gasteiger partial charge in [0.15, 0.2) is 10.9 Å². The fraction of sp³-hybridized carbons (Fsp3) is 0.167. The smallest absolute Gasteiger partial charge is 0.237 e. The molecule has 0 aliphatic rings. The molecule has 0 bridgehead atoms. The number of imidazole rings is 1. The molecule has 0 saturated carbocycles. The Bertz CT molecular complexity index is 871. The second-order valence-corrected chi connectivity index (χ2v) is 6.77. The van der Waals surface area contributed by atoms with Crippen LogP contribution in [0.2, 0.25) is 0 Å². The van der Waals surface area contributed by atoms with Crippen molar-refractivity contribution >= 4 is 40.2 Å². The number of anilines is 1. The molecule has 0 radical (unpaired) electrons. The van der Waals surface area contributed by atoms with Crippen molar-refractivity contribution in [1.29, 1.82) is 0 Å². The molecule has 3 aromatic rings. The molecule has 2 aromatic carbocycles. The maximum absolute atomic E-state index is 12.4. The standard InChI is InChI=1S/C18H17N3O2S/c1-11(22)13-6-5-7-14(10-13)19-17(23)12(2)24-18-20-15-8-3-4-9-16(15)21-18/h3-10,12H,1-2H3,(H,19,23)(H,20,21)/t12-/m1/s1. The van der Waals surface area contributed by atoms with Gasteiger partial charge in [0, 0.05) is 11.3 Å². The van der Waals surface area contributed by atoms with E-state index in [1.165, 1.54) is 18.7 Å². The maximum atomic E-state index is 12.4. The number of benzene rings is 2. The highest BCUT2D eigenvalue weighted by molar-refractivity contribution is 8.00. The molecule has 1 atom stereocenters. The highest BCUT2D eigenvalue weighted by Crippen LogP contribution is 2.24. The number of aromatic amines is 1. The Kier molecular flexibility index (Phi) is 4.66. The second-order valence-electron chi connectivity index (χ2n) is 5.45. The van der Waals surface area contributed by atoms with Crippen LogP contribution in [0.15, 0.2) is 53.7 Å². The first-order chi connectivity index (χ1) is 11.5. The highest BCUT2D eigenvalue weighted by atomic mass is 32.2. The van der Waals surface area contributed by atoms with E-state index in [9.17, 15) is 9.59 Å². The van der Waals surface area contributed by atoms with Crippen molar-refractivity contribution in [2.24, 2.45) is 0 Å². The van der Waals surface area contributed by atoms with Crippen LogP contribution in [0.25, 0.3) is 11.0 Å². The number of ketones is 1. The van der Waals surface area contributed by atoms with E-state index in [0.717, 1.165) is 11.0 Å². The summed E-state index contributed by atoms with van der Waals surface area (Å²) in [6.45, 7) is 3.32. The zero-order valence-corrected chi connectivity index (χ0v) is 14.2. The normalized spacial score (nSPS) is 12.1. The fourth-order valence-corrected chi connectivity index (χ4v) is 3.09. The summed E-state index contributed by atoms with van der Waals surface area (Å²) < 4.78 is 0. The van der Waals surface area contributed by atoms with Crippen LogP contribution in [-0.2, 0) is 4.79 Å². The van der Waals surface area contributed by atoms with E-state index in [4.69, 9.17) is 0 Å². The lowest BCUT2D eigenvalue weighted by Gasteiger charge is -2.11. The van der Waals surface area contributed by atoms with Gasteiger partial charge in [-0.1, -0.05) is 36.0 Å². The van der Waals surface area contributed by atoms with E-state index in [1.54, 1.807) is 24.3 Å². The third kappa shape index (κ3) is 3.65. The van der Waals surface area contributed by atoms with Crippen LogP contribution in [-0.4, -0.2) is 26.9 Å². The second kappa shape index (κ2) is 6.88. The van der Waals surface area contributed by atoms with E-state index in [0.29, 0.717) is 16.4 Å². The van der Waals surface area contributed by atoms with Crippen LogP contribution in [0.3, 0.4) is 0 Å². The van der Waals surface area contributed by atoms with Crippen molar-refractivity contribution in [2.75, 3.05) is 5.32 Å². The number of para-hydroxylation sites is 2. The summed E-state index contributed by atoms with van der Waals surface area (Å²) in [6, 6.07) is 14.7. The SMILES string of the molecule is CC(=O)c1cccc(NC(=O)[C@@H](C)Sc2nc3ccccc3[nH]2)c1. The molecule has 0 aliphatic carbocycles. The first kappa shape index (κ1) is 16.3. The fourth-order valence-electron chi connectivity index (χ4n) is 2.27. The summed E-state index contributed by atoms with van der Waals surface area (Å²) in [6.07, 6.45) is 0. The largest absolute Gasteiger partial charge is 0.333 e. The molecule has 5 nitrogen and oxygen atoms in total. The summed E-state index contributed by atoms with van der Waals surface area (Å²) >= 11 is 1.36. The van der Waals surface area contributed by atoms with Crippen molar-refractivity contribution in [3.05, 3.63) is 54.1 Å². The molecule has 0 unspecified atom stereocenters. The molecule has 1 aromatic heterocycles. The number of thioether (sulfide) groups is 1. The van der Waals surface area contributed by atoms with Gasteiger partial charge in [0.25, 0.3) is 0 Å². The molecule has 2 N–H and O–H groups in total. The van der Waals surface area contributed by atoms with Gasteiger partial charge >= 0.3 is 0 Å². The molecule has 122 valence electrons. The maximum Gasteiger partial charge on any atom is 0.237 e. The molecule has 0 fully saturated rings. The highest BCUT2D eigenvalue weighted by Gasteiger charge is 2.17. The number of rotatable bonds is 5. The number of aromatic nitrogens is 2. The first-order valence-corrected chi connectivity index (χ1v) is 8.44. The molecule has 3 rings (SSSR count). The van der Waals surface area contributed by atoms with Gasteiger partial charge in [-0.05, 0) is 38.1 Å². The average Bonchev–Trinajstić information content (AvgIpc) is 2.97. The van der Waals surface area contributed by atoms with Gasteiger partial charge in [0.05, 0.1) is 16.3 Å². The van der Waals surface area contributed by atoms with Crippen molar-refractivity contribution in [3.63, 3.8) is 0 Å². The van der Waals surface area contributed by atoms with Gasteiger partial charge < -0.3 is 10.3 Å². The minimum absolute atomic E-state index is 0.0317. The minimum Gasteiger partial charge on any atom is -0.333 e. The first-order valence-electron chi connectivity index (χ1n) is 7.56. The number of nitrogens with zero attached hydrogens (tertiary/aromatic N) is 1. The van der Waals surface area contributed by atoms with Gasteiger partial charge in [-0.25, -0.2) is 4.98 Å². The summed E-state index contributed by atoms with van der Waals surface area (Å²) in [5.74, 6) is -0.169. The lowest BCUT2D eigenvalue weighted by atomic mass is 10.1. The number of fused-ring (bicyclic) bond motifs is 1. The van der Waals surface area contributed by atoms with Crippen LogP contribution in [0.1, 0.15) is 24.2 Å². The molecule has 1 amide bonds. The van der Waals surface area contributed by atoms with Crippen LogP contribution in [0, 0.1) is 0 Å². The van der Waals surface area contributed by atoms with Gasteiger partial charge in [-0.3, -0.25) is 9.59 Å². The van der Waals surface area contributed by atoms with Crippen molar-refractivity contribution in [2.45, 2.75) is 24.3 Å². The number of carbonyl (C=O) groups is 2. The predicted molar refractivity (Wildman–Crippen MR) is 96.5 cm³/mol. The lowest BCUT2D eigenvalue weighted by Crippen LogP contribution is -2.22. The number of amides is 1. The number of hydrogen-bond donors (Lipinski definition) is 2. The van der Waals surface area contributed by atoms with Crippen molar-refractivity contribution in [1.82, 2.24) is 9.97 Å². The Morgan fingerprint density at radius 3 is 2.71 bits per heavy atom. The monoisotopic (exact) mass is 339 g/mol. The van der Waals surface area contributed by atoms with Crippen LogP contribution >= 0.6 is 11.8 Å². The molecular weight excluding hydrogens is 322 g/mol. The zero-order valence-electron chi connectivity index (χ0n) is 13.4. The van der Waals surface area contributed by atoms with Crippen LogP contribution in [0.4, 0.5) is 5.69 Å². The van der Waals surface area contributed by atoms with E-state index < -0.39 is 0 Å². The number of H-pyrrole nitrogens is 1. The average molecular weight is 339 g/mol. The summed E-state index contributed by atoms with van der Waals surface area (Å²) in [4.78, 5) is 31.4. The molecule has 6 heteroatoms. The summed E-state index contributed by atoms with van der Waals surface area (Å²) in [7, 11) is 0. The molecule has 0 spiro atoms. The summed E-state index contributed by atoms with van der Waals surface area (Å²) in [5, 5.41) is 3.21. The van der Waals surface area contributed by atoms with Gasteiger partial charge in [-0.15, -0.1) is 0 Å². The Hall–Kier alpha value is -2.60. The van der Waals surface area contributed by atoms with E-state index in [-0.39, 0.29) is 16.9 Å². The minimum atomic E-state index is -0.327. The molecule has 24 heavy (non-hydrogen) atoms. The third-order valence-corrected chi connectivity index (χ3v) is 4.55. The molecule has 1 heterocycles. The van der Waals surface area contributed by atoms with Gasteiger partial charge in [0.2, 0.25) is 5.91 Å². The number of hydrogen-bond acceptors (Lipinski definition) is 4. The van der Waals surface area contributed by atoms with Gasteiger partial charge in [0.1, 0.15) is 0 Å². The van der Waals surface area contributed by atoms with Crippen LogP contribution < -0.4 is 5.32 Å². The Morgan fingerprint density at radius 1 is 1.17 bits per heavy atom. The molecular formula is C18H17N3O2S. The Labute approximate surface area is 143 Å². The molecule has 0 saturated heterocycles. The Balaban J connectivity index is 1.68. The molecule has 0 aliphatic heterocycles.